The number of hydrogen-bond donors (Lipinski definition) is 1. The summed E-state index contributed by atoms with van der Waals surface area (Å²) in [6, 6.07) is 6.11. The molecule has 5 nitrogen and oxygen atoms in total. The Balaban J connectivity index is 1.91. The van der Waals surface area contributed by atoms with Crippen LogP contribution in [0, 0.1) is 21.8 Å². The smallest absolute Gasteiger partial charge is 0.314 e. The number of nitro benzene ring substituents is 1. The first kappa shape index (κ1) is 15.9. The Morgan fingerprint density at radius 3 is 2.76 bits per heavy atom. The zero-order chi connectivity index (χ0) is 17.9. The van der Waals surface area contributed by atoms with Gasteiger partial charge in [0, 0.05) is 22.4 Å². The predicted octanol–water partition coefficient (Wildman–Crippen LogP) is 4.68. The molecular weight excluding hydrogens is 323 g/mol. The molecule has 0 fully saturated rings. The summed E-state index contributed by atoms with van der Waals surface area (Å²) in [5.41, 5.74) is 4.12. The second-order valence-corrected chi connectivity index (χ2v) is 7.42. The van der Waals surface area contributed by atoms with Crippen LogP contribution < -0.4 is 10.1 Å². The minimum atomic E-state index is -0.632. The van der Waals surface area contributed by atoms with Gasteiger partial charge in [0.05, 0.1) is 11.0 Å². The Labute approximate surface area is 145 Å². The summed E-state index contributed by atoms with van der Waals surface area (Å²) < 4.78 is 19.7. The molecule has 1 N–H and O–H groups in total. The van der Waals surface area contributed by atoms with Crippen molar-refractivity contribution >= 4 is 11.4 Å². The lowest BCUT2D eigenvalue weighted by molar-refractivity contribution is -0.386. The van der Waals surface area contributed by atoms with Crippen LogP contribution in [0.25, 0.3) is 11.1 Å². The lowest BCUT2D eigenvalue weighted by Gasteiger charge is -2.41. The quantitative estimate of drug-likeness (QED) is 0.604. The number of hydrogen-bond acceptors (Lipinski definition) is 4. The SMILES string of the molecule is CC1Cc2c(ccc3c2COc2c-3cc(F)cc2[N+](=O)[O-])NC1(C)C. The molecule has 0 aromatic heterocycles. The highest BCUT2D eigenvalue weighted by Crippen LogP contribution is 2.47. The maximum atomic E-state index is 13.9. The molecule has 0 amide bonds. The summed E-state index contributed by atoms with van der Waals surface area (Å²) in [4.78, 5) is 10.6. The van der Waals surface area contributed by atoms with E-state index in [1.54, 1.807) is 0 Å². The van der Waals surface area contributed by atoms with Crippen molar-refractivity contribution in [1.82, 2.24) is 0 Å². The van der Waals surface area contributed by atoms with Crippen molar-refractivity contribution < 1.29 is 14.1 Å². The first-order valence-corrected chi connectivity index (χ1v) is 8.32. The lowest BCUT2D eigenvalue weighted by Crippen LogP contribution is -2.43. The van der Waals surface area contributed by atoms with Gasteiger partial charge in [0.25, 0.3) is 0 Å². The molecule has 2 aliphatic heterocycles. The van der Waals surface area contributed by atoms with Gasteiger partial charge in [0.15, 0.2) is 0 Å². The van der Waals surface area contributed by atoms with Crippen LogP contribution in [-0.2, 0) is 13.0 Å². The Hall–Kier alpha value is -2.63. The Kier molecular flexibility index (Phi) is 3.29. The molecule has 0 saturated heterocycles. The van der Waals surface area contributed by atoms with E-state index < -0.39 is 10.7 Å². The van der Waals surface area contributed by atoms with Gasteiger partial charge < -0.3 is 10.1 Å². The molecule has 0 spiro atoms. The van der Waals surface area contributed by atoms with Crippen molar-refractivity contribution in [3.63, 3.8) is 0 Å². The van der Waals surface area contributed by atoms with Crippen molar-refractivity contribution in [2.45, 2.75) is 39.3 Å². The van der Waals surface area contributed by atoms with E-state index in [1.165, 1.54) is 6.07 Å². The van der Waals surface area contributed by atoms with E-state index in [4.69, 9.17) is 4.74 Å². The standard InChI is InChI=1S/C19H19FN2O3/c1-10-6-13-15-9-25-18-14(7-11(20)8-17(18)22(23)24)12(15)4-5-16(13)21-19(10,2)3/h4-5,7-8,10,21H,6,9H2,1-3H3. The number of ether oxygens (including phenoxy) is 1. The highest BCUT2D eigenvalue weighted by molar-refractivity contribution is 5.82. The van der Waals surface area contributed by atoms with Crippen LogP contribution in [0.1, 0.15) is 31.9 Å². The van der Waals surface area contributed by atoms with E-state index in [1.807, 2.05) is 12.1 Å². The fraction of sp³-hybridized carbons (Fsp3) is 0.368. The van der Waals surface area contributed by atoms with Crippen LogP contribution in [0.3, 0.4) is 0 Å². The normalized spacial score (nSPS) is 19.8. The summed E-state index contributed by atoms with van der Waals surface area (Å²) >= 11 is 0. The number of benzene rings is 2. The van der Waals surface area contributed by atoms with Gasteiger partial charge >= 0.3 is 5.69 Å². The molecule has 2 heterocycles. The molecule has 4 rings (SSSR count). The van der Waals surface area contributed by atoms with E-state index in [0.29, 0.717) is 11.5 Å². The Morgan fingerprint density at radius 2 is 2.04 bits per heavy atom. The fourth-order valence-electron chi connectivity index (χ4n) is 3.70. The molecule has 6 heteroatoms. The van der Waals surface area contributed by atoms with Crippen molar-refractivity contribution in [2.24, 2.45) is 5.92 Å². The predicted molar refractivity (Wildman–Crippen MR) is 93.4 cm³/mol. The minimum absolute atomic E-state index is 0.0143. The van der Waals surface area contributed by atoms with Crippen LogP contribution in [0.2, 0.25) is 0 Å². The molecular formula is C19H19FN2O3. The molecule has 1 unspecified atom stereocenters. The third-order valence-corrected chi connectivity index (χ3v) is 5.51. The van der Waals surface area contributed by atoms with Crippen molar-refractivity contribution in [1.29, 1.82) is 0 Å². The van der Waals surface area contributed by atoms with Gasteiger partial charge in [-0.2, -0.15) is 0 Å². The summed E-state index contributed by atoms with van der Waals surface area (Å²) in [7, 11) is 0. The first-order chi connectivity index (χ1) is 11.8. The van der Waals surface area contributed by atoms with Gasteiger partial charge in [-0.1, -0.05) is 13.0 Å². The number of halogens is 1. The van der Waals surface area contributed by atoms with Gasteiger partial charge in [-0.3, -0.25) is 10.1 Å². The van der Waals surface area contributed by atoms with Crippen LogP contribution in [-0.4, -0.2) is 10.5 Å². The van der Waals surface area contributed by atoms with E-state index in [0.717, 1.165) is 34.9 Å². The van der Waals surface area contributed by atoms with Crippen LogP contribution in [0.4, 0.5) is 15.8 Å². The molecule has 25 heavy (non-hydrogen) atoms. The molecule has 2 aliphatic rings. The summed E-state index contributed by atoms with van der Waals surface area (Å²) in [5, 5.41) is 14.8. The van der Waals surface area contributed by atoms with Gasteiger partial charge in [-0.15, -0.1) is 0 Å². The average molecular weight is 342 g/mol. The van der Waals surface area contributed by atoms with Gasteiger partial charge in [0.1, 0.15) is 12.4 Å². The monoisotopic (exact) mass is 342 g/mol. The molecule has 1 atom stereocenters. The summed E-state index contributed by atoms with van der Waals surface area (Å²) in [5.74, 6) is -0.0713. The Bertz CT molecular complexity index is 908. The maximum Gasteiger partial charge on any atom is 0.314 e. The van der Waals surface area contributed by atoms with Crippen LogP contribution in [0.15, 0.2) is 24.3 Å². The van der Waals surface area contributed by atoms with Crippen LogP contribution >= 0.6 is 0 Å². The molecule has 0 bridgehead atoms. The number of rotatable bonds is 1. The van der Waals surface area contributed by atoms with Gasteiger partial charge in [0.2, 0.25) is 5.75 Å². The largest absolute Gasteiger partial charge is 0.481 e. The average Bonchev–Trinajstić information content (AvgIpc) is 2.54. The third-order valence-electron chi connectivity index (χ3n) is 5.51. The molecule has 0 radical (unpaired) electrons. The van der Waals surface area contributed by atoms with E-state index in [9.17, 15) is 14.5 Å². The maximum absolute atomic E-state index is 13.9. The highest BCUT2D eigenvalue weighted by atomic mass is 19.1. The summed E-state index contributed by atoms with van der Waals surface area (Å²) in [6.45, 7) is 6.79. The topological polar surface area (TPSA) is 64.4 Å². The first-order valence-electron chi connectivity index (χ1n) is 8.32. The van der Waals surface area contributed by atoms with E-state index >= 15 is 0 Å². The number of anilines is 1. The summed E-state index contributed by atoms with van der Waals surface area (Å²) in [6.07, 6.45) is 0.884. The molecule has 0 saturated carbocycles. The van der Waals surface area contributed by atoms with Crippen molar-refractivity contribution in [2.75, 3.05) is 5.32 Å². The number of nitro groups is 1. The molecule has 2 aromatic carbocycles. The third kappa shape index (κ3) is 2.35. The number of nitrogens with zero attached hydrogens (tertiary/aromatic N) is 1. The zero-order valence-electron chi connectivity index (χ0n) is 14.4. The second-order valence-electron chi connectivity index (χ2n) is 7.42. The van der Waals surface area contributed by atoms with E-state index in [2.05, 4.69) is 26.1 Å². The fourth-order valence-corrected chi connectivity index (χ4v) is 3.70. The number of fused-ring (bicyclic) bond motifs is 5. The second kappa shape index (κ2) is 5.18. The van der Waals surface area contributed by atoms with Crippen molar-refractivity contribution in [3.8, 4) is 16.9 Å². The Morgan fingerprint density at radius 1 is 1.28 bits per heavy atom. The van der Waals surface area contributed by atoms with E-state index in [-0.39, 0.29) is 23.6 Å². The van der Waals surface area contributed by atoms with Crippen molar-refractivity contribution in [3.05, 3.63) is 51.3 Å². The van der Waals surface area contributed by atoms with Gasteiger partial charge in [-0.25, -0.2) is 4.39 Å². The molecule has 130 valence electrons. The minimum Gasteiger partial charge on any atom is -0.481 e. The number of nitrogens with one attached hydrogen (secondary N) is 1. The molecule has 2 aromatic rings. The molecule has 0 aliphatic carbocycles. The van der Waals surface area contributed by atoms with Crippen LogP contribution in [0.5, 0.6) is 5.75 Å². The highest BCUT2D eigenvalue weighted by Gasteiger charge is 2.35. The van der Waals surface area contributed by atoms with Gasteiger partial charge in [-0.05, 0) is 49.4 Å². The zero-order valence-corrected chi connectivity index (χ0v) is 14.4. The lowest BCUT2D eigenvalue weighted by atomic mass is 9.77.